The molecule has 7 heteroatoms. The van der Waals surface area contributed by atoms with Gasteiger partial charge in [0, 0.05) is 0 Å². The number of aromatic nitrogens is 3. The lowest BCUT2D eigenvalue weighted by Crippen LogP contribution is -2.33. The molecule has 3 rings (SSSR count). The van der Waals surface area contributed by atoms with E-state index in [-0.39, 0.29) is 30.3 Å². The van der Waals surface area contributed by atoms with Crippen molar-refractivity contribution < 1.29 is 4.79 Å². The molecule has 2 atom stereocenters. The molecule has 1 aliphatic heterocycles. The van der Waals surface area contributed by atoms with Gasteiger partial charge in [0.2, 0.25) is 0 Å². The summed E-state index contributed by atoms with van der Waals surface area (Å²) in [5.74, 6) is 0.671. The minimum Gasteiger partial charge on any atom is -0.344 e. The number of rotatable bonds is 7. The highest BCUT2D eigenvalue weighted by Gasteiger charge is 2.26. The average molecular weight is 434 g/mol. The number of nitrogens with zero attached hydrogens (tertiary/aromatic N) is 3. The summed E-state index contributed by atoms with van der Waals surface area (Å²) in [6, 6.07) is 8.92. The normalized spacial score (nSPS) is 16.7. The largest absolute Gasteiger partial charge is 0.344 e. The number of amides is 1. The zero-order chi connectivity index (χ0) is 21.0. The number of carbonyl (C=O) groups excluding carboxylic acids is 1. The fourth-order valence-electron chi connectivity index (χ4n) is 4.06. The van der Waals surface area contributed by atoms with Gasteiger partial charge in [0.05, 0.1) is 17.8 Å². The van der Waals surface area contributed by atoms with Gasteiger partial charge in [-0.15, -0.1) is 17.5 Å². The van der Waals surface area contributed by atoms with Crippen LogP contribution in [-0.2, 0) is 0 Å². The van der Waals surface area contributed by atoms with Crippen LogP contribution in [0.5, 0.6) is 0 Å². The van der Waals surface area contributed by atoms with Crippen LogP contribution in [0.1, 0.15) is 92.3 Å². The fraction of sp³-hybridized carbons (Fsp3) is 0.609. The van der Waals surface area contributed by atoms with Crippen molar-refractivity contribution in [3.8, 4) is 0 Å². The first kappa shape index (κ1) is 24.4. The van der Waals surface area contributed by atoms with E-state index in [0.29, 0.717) is 17.7 Å². The summed E-state index contributed by atoms with van der Waals surface area (Å²) in [7, 11) is 0. The van der Waals surface area contributed by atoms with Gasteiger partial charge in [-0.05, 0) is 62.2 Å². The van der Waals surface area contributed by atoms with E-state index in [0.717, 1.165) is 43.6 Å². The van der Waals surface area contributed by atoms with Gasteiger partial charge in [0.1, 0.15) is 0 Å². The second kappa shape index (κ2) is 10.9. The minimum absolute atomic E-state index is 0. The maximum atomic E-state index is 13.0. The molecule has 1 aromatic carbocycles. The van der Waals surface area contributed by atoms with Crippen LogP contribution < -0.4 is 10.6 Å². The van der Waals surface area contributed by atoms with E-state index in [1.807, 2.05) is 11.6 Å². The van der Waals surface area contributed by atoms with Crippen LogP contribution in [0, 0.1) is 12.8 Å². The smallest absolute Gasteiger partial charge is 0.274 e. The number of hydrogen-bond acceptors (Lipinski definition) is 4. The Labute approximate surface area is 186 Å². The standard InChI is InChI=1S/C23H35N5O.ClH/c1-6-16(4)18-7-9-19(10-8-18)21(15(2)3)25-23(29)22-17(5)28(27-26-22)20-11-13-24-14-12-20;/h7-10,15-16,20-21,24H,6,11-14H2,1-5H3,(H,25,29);1H. The van der Waals surface area contributed by atoms with Crippen molar-refractivity contribution in [2.45, 2.75) is 71.9 Å². The highest BCUT2D eigenvalue weighted by molar-refractivity contribution is 5.93. The van der Waals surface area contributed by atoms with Gasteiger partial charge in [-0.25, -0.2) is 4.68 Å². The second-order valence-corrected chi connectivity index (χ2v) is 8.62. The van der Waals surface area contributed by atoms with E-state index in [1.54, 1.807) is 0 Å². The van der Waals surface area contributed by atoms with Crippen LogP contribution in [-0.4, -0.2) is 34.0 Å². The SMILES string of the molecule is CCC(C)c1ccc(C(NC(=O)c2nnn(C3CCNCC3)c2C)C(C)C)cc1.Cl. The molecule has 2 N–H and O–H groups in total. The molecular weight excluding hydrogens is 398 g/mol. The number of carbonyl (C=O) groups is 1. The first-order chi connectivity index (χ1) is 13.9. The molecular formula is C23H36ClN5O. The summed E-state index contributed by atoms with van der Waals surface area (Å²) < 4.78 is 1.93. The summed E-state index contributed by atoms with van der Waals surface area (Å²) in [5, 5.41) is 15.1. The van der Waals surface area contributed by atoms with Gasteiger partial charge in [-0.3, -0.25) is 4.79 Å². The average Bonchev–Trinajstić information content (AvgIpc) is 3.13. The maximum Gasteiger partial charge on any atom is 0.274 e. The molecule has 1 fully saturated rings. The lowest BCUT2D eigenvalue weighted by Gasteiger charge is -2.24. The molecule has 30 heavy (non-hydrogen) atoms. The van der Waals surface area contributed by atoms with E-state index >= 15 is 0 Å². The quantitative estimate of drug-likeness (QED) is 0.670. The number of halogens is 1. The molecule has 0 bridgehead atoms. The summed E-state index contributed by atoms with van der Waals surface area (Å²) in [6.45, 7) is 12.6. The zero-order valence-corrected chi connectivity index (χ0v) is 19.6. The van der Waals surface area contributed by atoms with E-state index < -0.39 is 0 Å². The maximum absolute atomic E-state index is 13.0. The topological polar surface area (TPSA) is 71.8 Å². The Balaban J connectivity index is 0.00000320. The van der Waals surface area contributed by atoms with Crippen molar-refractivity contribution in [3.63, 3.8) is 0 Å². The van der Waals surface area contributed by atoms with Crippen molar-refractivity contribution in [2.24, 2.45) is 5.92 Å². The van der Waals surface area contributed by atoms with Crippen LogP contribution >= 0.6 is 12.4 Å². The highest BCUT2D eigenvalue weighted by Crippen LogP contribution is 2.26. The van der Waals surface area contributed by atoms with Crippen LogP contribution in [0.2, 0.25) is 0 Å². The molecule has 0 spiro atoms. The van der Waals surface area contributed by atoms with E-state index in [2.05, 4.69) is 72.9 Å². The summed E-state index contributed by atoms with van der Waals surface area (Å²) in [5.41, 5.74) is 3.75. The summed E-state index contributed by atoms with van der Waals surface area (Å²) in [6.07, 6.45) is 3.15. The monoisotopic (exact) mass is 433 g/mol. The Morgan fingerprint density at radius 2 is 1.77 bits per heavy atom. The third kappa shape index (κ3) is 5.41. The molecule has 0 radical (unpaired) electrons. The predicted molar refractivity (Wildman–Crippen MR) is 123 cm³/mol. The van der Waals surface area contributed by atoms with E-state index in [4.69, 9.17) is 0 Å². The van der Waals surface area contributed by atoms with Crippen molar-refractivity contribution >= 4 is 18.3 Å². The molecule has 1 saturated heterocycles. The Morgan fingerprint density at radius 3 is 2.33 bits per heavy atom. The zero-order valence-electron chi connectivity index (χ0n) is 18.8. The predicted octanol–water partition coefficient (Wildman–Crippen LogP) is 4.57. The van der Waals surface area contributed by atoms with Gasteiger partial charge in [-0.2, -0.15) is 0 Å². The third-order valence-electron chi connectivity index (χ3n) is 6.23. The molecule has 2 heterocycles. The Hall–Kier alpha value is -1.92. The number of benzene rings is 1. The van der Waals surface area contributed by atoms with E-state index in [1.165, 1.54) is 5.56 Å². The van der Waals surface area contributed by atoms with Crippen LogP contribution in [0.4, 0.5) is 0 Å². The third-order valence-corrected chi connectivity index (χ3v) is 6.23. The first-order valence-electron chi connectivity index (χ1n) is 11.0. The Morgan fingerprint density at radius 1 is 1.17 bits per heavy atom. The van der Waals surface area contributed by atoms with Crippen LogP contribution in [0.3, 0.4) is 0 Å². The van der Waals surface area contributed by atoms with Gasteiger partial charge >= 0.3 is 0 Å². The van der Waals surface area contributed by atoms with Crippen LogP contribution in [0.15, 0.2) is 24.3 Å². The molecule has 1 aromatic heterocycles. The Kier molecular flexibility index (Phi) is 8.86. The second-order valence-electron chi connectivity index (χ2n) is 8.62. The fourth-order valence-corrected chi connectivity index (χ4v) is 4.06. The molecule has 2 aromatic rings. The first-order valence-corrected chi connectivity index (χ1v) is 11.0. The molecule has 166 valence electrons. The highest BCUT2D eigenvalue weighted by atomic mass is 35.5. The van der Waals surface area contributed by atoms with Crippen molar-refractivity contribution in [1.82, 2.24) is 25.6 Å². The van der Waals surface area contributed by atoms with Crippen molar-refractivity contribution in [1.29, 1.82) is 0 Å². The van der Waals surface area contributed by atoms with Gasteiger partial charge in [0.15, 0.2) is 5.69 Å². The Bertz CT molecular complexity index is 812. The molecule has 1 amide bonds. The number of hydrogen-bond donors (Lipinski definition) is 2. The summed E-state index contributed by atoms with van der Waals surface area (Å²) in [4.78, 5) is 13.0. The molecule has 0 aliphatic carbocycles. The van der Waals surface area contributed by atoms with Gasteiger partial charge in [0.25, 0.3) is 5.91 Å². The molecule has 1 aliphatic rings. The van der Waals surface area contributed by atoms with Crippen molar-refractivity contribution in [2.75, 3.05) is 13.1 Å². The summed E-state index contributed by atoms with van der Waals surface area (Å²) >= 11 is 0. The van der Waals surface area contributed by atoms with Gasteiger partial charge in [-0.1, -0.05) is 57.2 Å². The minimum atomic E-state index is -0.146. The molecule has 6 nitrogen and oxygen atoms in total. The number of piperidine rings is 1. The van der Waals surface area contributed by atoms with Crippen molar-refractivity contribution in [3.05, 3.63) is 46.8 Å². The lowest BCUT2D eigenvalue weighted by atomic mass is 9.92. The lowest BCUT2D eigenvalue weighted by molar-refractivity contribution is 0.0919. The number of nitrogens with one attached hydrogen (secondary N) is 2. The molecule has 2 unspecified atom stereocenters. The molecule has 0 saturated carbocycles. The van der Waals surface area contributed by atoms with Gasteiger partial charge < -0.3 is 10.6 Å². The van der Waals surface area contributed by atoms with E-state index in [9.17, 15) is 4.79 Å². The van der Waals surface area contributed by atoms with Crippen LogP contribution in [0.25, 0.3) is 0 Å².